The number of hydrogen-bond acceptors (Lipinski definition) is 2. The van der Waals surface area contributed by atoms with Gasteiger partial charge in [0.15, 0.2) is 0 Å². The number of amides is 1. The summed E-state index contributed by atoms with van der Waals surface area (Å²) < 4.78 is 26.3. The van der Waals surface area contributed by atoms with Crippen LogP contribution in [-0.2, 0) is 4.79 Å². The highest BCUT2D eigenvalue weighted by atomic mass is 35.5. The van der Waals surface area contributed by atoms with Crippen molar-refractivity contribution in [2.45, 2.75) is 44.1 Å². The van der Waals surface area contributed by atoms with Gasteiger partial charge in [0.05, 0.1) is 12.6 Å². The third-order valence-electron chi connectivity index (χ3n) is 3.31. The quantitative estimate of drug-likeness (QED) is 0.787. The summed E-state index contributed by atoms with van der Waals surface area (Å²) in [4.78, 5) is 13.3. The molecule has 2 aliphatic heterocycles. The summed E-state index contributed by atoms with van der Waals surface area (Å²) in [6.45, 7) is 0.900. The van der Waals surface area contributed by atoms with Gasteiger partial charge in [-0.25, -0.2) is 8.78 Å². The molecule has 2 saturated heterocycles. The van der Waals surface area contributed by atoms with E-state index in [0.29, 0.717) is 13.0 Å². The summed E-state index contributed by atoms with van der Waals surface area (Å²) in [6.07, 6.45) is 3.18. The normalized spacial score (nSPS) is 28.4. The van der Waals surface area contributed by atoms with Gasteiger partial charge in [0.2, 0.25) is 5.91 Å². The van der Waals surface area contributed by atoms with Crippen LogP contribution < -0.4 is 5.32 Å². The molecule has 1 atom stereocenters. The Morgan fingerprint density at radius 1 is 1.29 bits per heavy atom. The molecule has 17 heavy (non-hydrogen) atoms. The van der Waals surface area contributed by atoms with E-state index < -0.39 is 12.5 Å². The first-order valence-electron chi connectivity index (χ1n) is 5.98. The number of rotatable bonds is 1. The van der Waals surface area contributed by atoms with Crippen LogP contribution in [0.3, 0.4) is 0 Å². The van der Waals surface area contributed by atoms with Gasteiger partial charge in [-0.05, 0) is 25.8 Å². The summed E-state index contributed by atoms with van der Waals surface area (Å²) in [7, 11) is 0. The van der Waals surface area contributed by atoms with Crippen LogP contribution in [-0.4, -0.2) is 42.4 Å². The first kappa shape index (κ1) is 14.6. The first-order chi connectivity index (χ1) is 7.58. The highest BCUT2D eigenvalue weighted by Crippen LogP contribution is 2.27. The lowest BCUT2D eigenvalue weighted by Crippen LogP contribution is -2.53. The van der Waals surface area contributed by atoms with Crippen molar-refractivity contribution >= 4 is 18.3 Å². The lowest BCUT2D eigenvalue weighted by molar-refractivity contribution is -0.144. The van der Waals surface area contributed by atoms with Crippen molar-refractivity contribution in [3.63, 3.8) is 0 Å². The van der Waals surface area contributed by atoms with E-state index in [1.54, 1.807) is 0 Å². The lowest BCUT2D eigenvalue weighted by atomic mass is 10.0. The fourth-order valence-electron chi connectivity index (χ4n) is 2.44. The zero-order valence-electron chi connectivity index (χ0n) is 9.75. The first-order valence-corrected chi connectivity index (χ1v) is 5.98. The molecule has 1 N–H and O–H groups in total. The minimum Gasteiger partial charge on any atom is -0.335 e. The molecule has 1 unspecified atom stereocenters. The van der Waals surface area contributed by atoms with Crippen molar-refractivity contribution in [1.29, 1.82) is 0 Å². The van der Waals surface area contributed by atoms with Crippen molar-refractivity contribution in [3.8, 4) is 0 Å². The third kappa shape index (κ3) is 3.78. The van der Waals surface area contributed by atoms with Crippen molar-refractivity contribution in [3.05, 3.63) is 0 Å². The molecule has 0 radical (unpaired) electrons. The molecule has 1 amide bonds. The van der Waals surface area contributed by atoms with Crippen LogP contribution in [0.1, 0.15) is 32.1 Å². The number of nitrogens with zero attached hydrogens (tertiary/aromatic N) is 1. The number of hydrogen-bond donors (Lipinski definition) is 1. The summed E-state index contributed by atoms with van der Waals surface area (Å²) in [5.74, 6) is -2.83. The molecule has 0 bridgehead atoms. The third-order valence-corrected chi connectivity index (χ3v) is 3.31. The number of carbonyl (C=O) groups is 1. The summed E-state index contributed by atoms with van der Waals surface area (Å²) >= 11 is 0. The second-order valence-corrected chi connectivity index (χ2v) is 4.72. The molecule has 0 aromatic heterocycles. The van der Waals surface area contributed by atoms with Crippen molar-refractivity contribution < 1.29 is 13.6 Å². The predicted octanol–water partition coefficient (Wildman–Crippen LogP) is 1.81. The van der Waals surface area contributed by atoms with Crippen LogP contribution in [0.2, 0.25) is 0 Å². The van der Waals surface area contributed by atoms with Gasteiger partial charge in [0, 0.05) is 13.0 Å². The molecule has 0 saturated carbocycles. The number of carbonyl (C=O) groups excluding carboxylic acids is 1. The summed E-state index contributed by atoms with van der Waals surface area (Å²) in [5, 5.41) is 3.11. The highest BCUT2D eigenvalue weighted by molar-refractivity contribution is 5.85. The molecule has 3 nitrogen and oxygen atoms in total. The highest BCUT2D eigenvalue weighted by Gasteiger charge is 2.38. The van der Waals surface area contributed by atoms with E-state index in [-0.39, 0.29) is 30.8 Å². The average molecular weight is 269 g/mol. The van der Waals surface area contributed by atoms with E-state index in [1.165, 1.54) is 4.90 Å². The number of alkyl halides is 2. The molecule has 0 spiro atoms. The average Bonchev–Trinajstić information content (AvgIpc) is 2.28. The smallest absolute Gasteiger partial charge is 0.265 e. The zero-order valence-corrected chi connectivity index (χ0v) is 10.6. The Bertz CT molecular complexity index is 270. The van der Waals surface area contributed by atoms with Gasteiger partial charge in [-0.3, -0.25) is 4.79 Å². The Kier molecular flexibility index (Phi) is 5.13. The molecule has 100 valence electrons. The molecule has 0 aliphatic carbocycles. The van der Waals surface area contributed by atoms with E-state index in [1.807, 2.05) is 0 Å². The maximum Gasteiger partial charge on any atom is 0.265 e. The Morgan fingerprint density at radius 3 is 2.65 bits per heavy atom. The zero-order chi connectivity index (χ0) is 11.6. The van der Waals surface area contributed by atoms with E-state index in [9.17, 15) is 13.6 Å². The Labute approximate surface area is 106 Å². The Morgan fingerprint density at radius 2 is 2.06 bits per heavy atom. The molecule has 2 aliphatic rings. The van der Waals surface area contributed by atoms with Crippen molar-refractivity contribution in [1.82, 2.24) is 10.2 Å². The van der Waals surface area contributed by atoms with Gasteiger partial charge < -0.3 is 10.2 Å². The Hall–Kier alpha value is -0.420. The van der Waals surface area contributed by atoms with E-state index in [2.05, 4.69) is 5.32 Å². The fourth-order valence-corrected chi connectivity index (χ4v) is 2.44. The topological polar surface area (TPSA) is 32.3 Å². The van der Waals surface area contributed by atoms with Gasteiger partial charge in [0.1, 0.15) is 0 Å². The van der Waals surface area contributed by atoms with Crippen molar-refractivity contribution in [2.75, 3.05) is 19.6 Å². The van der Waals surface area contributed by atoms with Crippen LogP contribution in [0.4, 0.5) is 8.78 Å². The van der Waals surface area contributed by atoms with Crippen LogP contribution >= 0.6 is 12.4 Å². The monoisotopic (exact) mass is 268 g/mol. The summed E-state index contributed by atoms with van der Waals surface area (Å²) in [5.41, 5.74) is 0. The molecule has 6 heteroatoms. The van der Waals surface area contributed by atoms with Crippen LogP contribution in [0.5, 0.6) is 0 Å². The largest absolute Gasteiger partial charge is 0.335 e. The minimum absolute atomic E-state index is 0. The van der Waals surface area contributed by atoms with Crippen LogP contribution in [0.25, 0.3) is 0 Å². The summed E-state index contributed by atoms with van der Waals surface area (Å²) in [6, 6.07) is -0.234. The molecular weight excluding hydrogens is 250 g/mol. The van der Waals surface area contributed by atoms with Crippen LogP contribution in [0, 0.1) is 0 Å². The lowest BCUT2D eigenvalue weighted by Gasteiger charge is -2.35. The molecule has 0 aromatic rings. The van der Waals surface area contributed by atoms with E-state index >= 15 is 0 Å². The van der Waals surface area contributed by atoms with Crippen LogP contribution in [0.15, 0.2) is 0 Å². The number of likely N-dealkylation sites (tertiary alicyclic amines) is 1. The van der Waals surface area contributed by atoms with Gasteiger partial charge in [0.25, 0.3) is 5.92 Å². The standard InChI is InChI=1S/C11H18F2N2O.ClH/c12-11(13)5-3-7-15(8-11)10(16)9-4-1-2-6-14-9;/h9,14H,1-8H2;1H. The number of halogens is 3. The minimum atomic E-state index is -2.69. The molecule has 0 aromatic carbocycles. The second kappa shape index (κ2) is 5.96. The molecule has 2 heterocycles. The number of nitrogens with one attached hydrogen (secondary N) is 1. The van der Waals surface area contributed by atoms with Gasteiger partial charge >= 0.3 is 0 Å². The number of piperidine rings is 2. The fraction of sp³-hybridized carbons (Fsp3) is 0.909. The second-order valence-electron chi connectivity index (χ2n) is 4.72. The molecule has 2 fully saturated rings. The van der Waals surface area contributed by atoms with Gasteiger partial charge in [-0.2, -0.15) is 0 Å². The maximum absolute atomic E-state index is 13.2. The predicted molar refractivity (Wildman–Crippen MR) is 63.7 cm³/mol. The maximum atomic E-state index is 13.2. The molecular formula is C11H19ClF2N2O. The molecule has 2 rings (SSSR count). The SMILES string of the molecule is Cl.O=C(C1CCCCN1)N1CCCC(F)(F)C1. The van der Waals surface area contributed by atoms with Crippen molar-refractivity contribution in [2.24, 2.45) is 0 Å². The van der Waals surface area contributed by atoms with E-state index in [4.69, 9.17) is 0 Å². The van der Waals surface area contributed by atoms with Gasteiger partial charge in [-0.15, -0.1) is 12.4 Å². The Balaban J connectivity index is 0.00000144. The van der Waals surface area contributed by atoms with Gasteiger partial charge in [-0.1, -0.05) is 6.42 Å². The van der Waals surface area contributed by atoms with E-state index in [0.717, 1.165) is 25.8 Å².